The van der Waals surface area contributed by atoms with Gasteiger partial charge < -0.3 is 5.11 Å². The molecule has 1 aliphatic carbocycles. The highest BCUT2D eigenvalue weighted by atomic mass is 16.3. The second-order valence-electron chi connectivity index (χ2n) is 7.05. The van der Waals surface area contributed by atoms with E-state index in [0.717, 1.165) is 42.0 Å². The van der Waals surface area contributed by atoms with Crippen LogP contribution in [0, 0.1) is 0 Å². The van der Waals surface area contributed by atoms with E-state index in [4.69, 9.17) is 0 Å². The zero-order valence-corrected chi connectivity index (χ0v) is 14.8. The molecule has 2 aromatic carbocycles. The second kappa shape index (κ2) is 6.48. The number of aromatic hydroxyl groups is 1. The maximum Gasteiger partial charge on any atom is 0.334 e. The number of aromatic nitrogens is 2. The topological polar surface area (TPSA) is 64.2 Å². The normalized spacial score (nSPS) is 16.2. The minimum Gasteiger partial charge on any atom is -0.494 e. The van der Waals surface area contributed by atoms with Gasteiger partial charge in [0.1, 0.15) is 0 Å². The SMILES string of the molecule is C[C@H](c1cccc2ccccc12)n1c(=O)cc(O)n(C2CCCC2)c1=O. The first-order valence-corrected chi connectivity index (χ1v) is 9.12. The van der Waals surface area contributed by atoms with Gasteiger partial charge in [-0.2, -0.15) is 0 Å². The highest BCUT2D eigenvalue weighted by molar-refractivity contribution is 5.86. The first-order chi connectivity index (χ1) is 12.6. The molecule has 0 amide bonds. The third kappa shape index (κ3) is 2.64. The Morgan fingerprint density at radius 2 is 1.73 bits per heavy atom. The summed E-state index contributed by atoms with van der Waals surface area (Å²) in [6, 6.07) is 14.6. The summed E-state index contributed by atoms with van der Waals surface area (Å²) in [5.41, 5.74) is 0.0236. The highest BCUT2D eigenvalue weighted by Gasteiger charge is 2.25. The van der Waals surface area contributed by atoms with Gasteiger partial charge in [0.2, 0.25) is 5.88 Å². The Balaban J connectivity index is 1.91. The van der Waals surface area contributed by atoms with Crippen LogP contribution in [0.5, 0.6) is 5.88 Å². The first-order valence-electron chi connectivity index (χ1n) is 9.12. The molecule has 0 spiro atoms. The van der Waals surface area contributed by atoms with Crippen molar-refractivity contribution in [2.75, 3.05) is 0 Å². The molecule has 1 N–H and O–H groups in total. The lowest BCUT2D eigenvalue weighted by atomic mass is 9.99. The molecule has 0 unspecified atom stereocenters. The van der Waals surface area contributed by atoms with Crippen LogP contribution in [0.1, 0.15) is 50.3 Å². The molecule has 1 atom stereocenters. The molecular weight excluding hydrogens is 328 g/mol. The lowest BCUT2D eigenvalue weighted by Gasteiger charge is -2.21. The number of rotatable bonds is 3. The molecule has 4 rings (SSSR count). The molecule has 0 radical (unpaired) electrons. The average molecular weight is 350 g/mol. The maximum absolute atomic E-state index is 13.1. The summed E-state index contributed by atoms with van der Waals surface area (Å²) in [5.74, 6) is -0.228. The van der Waals surface area contributed by atoms with E-state index in [9.17, 15) is 14.7 Å². The van der Waals surface area contributed by atoms with Crippen LogP contribution in [-0.2, 0) is 0 Å². The Bertz CT molecular complexity index is 1070. The van der Waals surface area contributed by atoms with Gasteiger partial charge in [-0.05, 0) is 36.1 Å². The number of hydrogen-bond acceptors (Lipinski definition) is 3. The molecule has 134 valence electrons. The van der Waals surface area contributed by atoms with Crippen molar-refractivity contribution in [2.45, 2.75) is 44.7 Å². The molecule has 0 aliphatic heterocycles. The molecule has 3 aromatic rings. The fourth-order valence-corrected chi connectivity index (χ4v) is 4.17. The fourth-order valence-electron chi connectivity index (χ4n) is 4.17. The summed E-state index contributed by atoms with van der Waals surface area (Å²) in [6.07, 6.45) is 3.78. The fraction of sp³-hybridized carbons (Fsp3) is 0.333. The summed E-state index contributed by atoms with van der Waals surface area (Å²) in [4.78, 5) is 25.7. The van der Waals surface area contributed by atoms with E-state index >= 15 is 0 Å². The number of fused-ring (bicyclic) bond motifs is 1. The number of hydrogen-bond donors (Lipinski definition) is 1. The molecule has 1 saturated carbocycles. The van der Waals surface area contributed by atoms with Gasteiger partial charge in [-0.1, -0.05) is 55.3 Å². The van der Waals surface area contributed by atoms with E-state index in [-0.39, 0.29) is 11.9 Å². The van der Waals surface area contributed by atoms with Gasteiger partial charge in [0.05, 0.1) is 12.1 Å². The van der Waals surface area contributed by atoms with Crippen molar-refractivity contribution in [3.8, 4) is 5.88 Å². The van der Waals surface area contributed by atoms with Crippen LogP contribution < -0.4 is 11.2 Å². The maximum atomic E-state index is 13.1. The van der Waals surface area contributed by atoms with Crippen molar-refractivity contribution in [2.24, 2.45) is 0 Å². The molecule has 1 heterocycles. The van der Waals surface area contributed by atoms with Crippen LogP contribution in [-0.4, -0.2) is 14.2 Å². The molecule has 0 saturated heterocycles. The quantitative estimate of drug-likeness (QED) is 0.785. The van der Waals surface area contributed by atoms with Gasteiger partial charge >= 0.3 is 5.69 Å². The van der Waals surface area contributed by atoms with Crippen molar-refractivity contribution in [1.82, 2.24) is 9.13 Å². The van der Waals surface area contributed by atoms with E-state index < -0.39 is 17.3 Å². The van der Waals surface area contributed by atoms with E-state index in [2.05, 4.69) is 0 Å². The third-order valence-electron chi connectivity index (χ3n) is 5.50. The van der Waals surface area contributed by atoms with Crippen LogP contribution in [0.25, 0.3) is 10.8 Å². The van der Waals surface area contributed by atoms with Crippen LogP contribution in [0.4, 0.5) is 0 Å². The molecule has 1 aliphatic rings. The van der Waals surface area contributed by atoms with Gasteiger partial charge in [-0.15, -0.1) is 0 Å². The van der Waals surface area contributed by atoms with Crippen molar-refractivity contribution < 1.29 is 5.11 Å². The average Bonchev–Trinajstić information content (AvgIpc) is 3.15. The van der Waals surface area contributed by atoms with E-state index in [0.29, 0.717) is 0 Å². The second-order valence-corrected chi connectivity index (χ2v) is 7.05. The van der Waals surface area contributed by atoms with Gasteiger partial charge in [0.25, 0.3) is 5.56 Å². The Kier molecular flexibility index (Phi) is 4.15. The summed E-state index contributed by atoms with van der Waals surface area (Å²) in [7, 11) is 0. The Morgan fingerprint density at radius 3 is 2.50 bits per heavy atom. The lowest BCUT2D eigenvalue weighted by molar-refractivity contribution is 0.348. The molecule has 5 nitrogen and oxygen atoms in total. The van der Waals surface area contributed by atoms with Gasteiger partial charge in [0.15, 0.2) is 0 Å². The molecule has 1 aromatic heterocycles. The Hall–Kier alpha value is -2.82. The Labute approximate surface area is 151 Å². The predicted molar refractivity (Wildman–Crippen MR) is 102 cm³/mol. The molecule has 26 heavy (non-hydrogen) atoms. The minimum absolute atomic E-state index is 0.0333. The smallest absolute Gasteiger partial charge is 0.334 e. The van der Waals surface area contributed by atoms with Crippen molar-refractivity contribution in [3.05, 3.63) is 74.9 Å². The van der Waals surface area contributed by atoms with Gasteiger partial charge in [-0.25, -0.2) is 4.79 Å². The summed E-state index contributed by atoms with van der Waals surface area (Å²) in [6.45, 7) is 1.86. The van der Waals surface area contributed by atoms with Crippen molar-refractivity contribution in [1.29, 1.82) is 0 Å². The van der Waals surface area contributed by atoms with Crippen LogP contribution in [0.3, 0.4) is 0 Å². The molecular formula is C21H22N2O3. The lowest BCUT2D eigenvalue weighted by Crippen LogP contribution is -2.42. The minimum atomic E-state index is -0.470. The number of benzene rings is 2. The standard InChI is InChI=1S/C21H22N2O3/c1-14(17-12-6-8-15-7-2-5-11-18(15)17)22-19(24)13-20(25)23(21(22)26)16-9-3-4-10-16/h2,5-8,11-14,16,25H,3-4,9-10H2,1H3/t14-/m1/s1. The van der Waals surface area contributed by atoms with Crippen LogP contribution >= 0.6 is 0 Å². The summed E-state index contributed by atoms with van der Waals surface area (Å²) in [5, 5.41) is 12.3. The monoisotopic (exact) mass is 350 g/mol. The third-order valence-corrected chi connectivity index (χ3v) is 5.50. The highest BCUT2D eigenvalue weighted by Crippen LogP contribution is 2.31. The largest absolute Gasteiger partial charge is 0.494 e. The van der Waals surface area contributed by atoms with E-state index in [1.54, 1.807) is 0 Å². The molecule has 0 bridgehead atoms. The van der Waals surface area contributed by atoms with Crippen LogP contribution in [0.2, 0.25) is 0 Å². The van der Waals surface area contributed by atoms with Crippen molar-refractivity contribution in [3.63, 3.8) is 0 Å². The van der Waals surface area contributed by atoms with Crippen LogP contribution in [0.15, 0.2) is 58.1 Å². The zero-order chi connectivity index (χ0) is 18.3. The molecule has 5 heteroatoms. The van der Waals surface area contributed by atoms with Gasteiger partial charge in [0, 0.05) is 6.04 Å². The van der Waals surface area contributed by atoms with E-state index in [1.165, 1.54) is 15.2 Å². The summed E-state index contributed by atoms with van der Waals surface area (Å²) >= 11 is 0. The molecule has 1 fully saturated rings. The van der Waals surface area contributed by atoms with E-state index in [1.807, 2.05) is 49.4 Å². The summed E-state index contributed by atoms with van der Waals surface area (Å²) < 4.78 is 2.66. The van der Waals surface area contributed by atoms with Crippen molar-refractivity contribution >= 4 is 10.8 Å². The first kappa shape index (κ1) is 16.6. The van der Waals surface area contributed by atoms with Gasteiger partial charge in [-0.3, -0.25) is 13.9 Å². The predicted octanol–water partition coefficient (Wildman–Crippen LogP) is 3.59. The number of nitrogens with zero attached hydrogens (tertiary/aromatic N) is 2. The zero-order valence-electron chi connectivity index (χ0n) is 14.8. The Morgan fingerprint density at radius 1 is 1.04 bits per heavy atom.